The summed E-state index contributed by atoms with van der Waals surface area (Å²) in [6, 6.07) is 0. The maximum atomic E-state index is 11.3. The van der Waals surface area contributed by atoms with Crippen LogP contribution in [-0.2, 0) is 0 Å². The van der Waals surface area contributed by atoms with Crippen molar-refractivity contribution in [3.05, 3.63) is 13.2 Å². The molecule has 0 fully saturated rings. The van der Waals surface area contributed by atoms with Crippen molar-refractivity contribution in [1.82, 2.24) is 0 Å². The third-order valence-corrected chi connectivity index (χ3v) is 0.613. The van der Waals surface area contributed by atoms with Gasteiger partial charge in [0.25, 0.3) is 0 Å². The van der Waals surface area contributed by atoms with Crippen molar-refractivity contribution >= 4 is 0 Å². The molecule has 0 aliphatic carbocycles. The quantitative estimate of drug-likeness (QED) is 0.520. The molecule has 0 aliphatic rings. The van der Waals surface area contributed by atoms with Gasteiger partial charge in [0, 0.05) is 0 Å². The number of hydrogen-bond donors (Lipinski definition) is 1. The molecule has 0 unspecified atom stereocenters. The highest BCUT2D eigenvalue weighted by Crippen LogP contribution is 2.34. The zero-order chi connectivity index (χ0) is 9.71. The molecule has 0 amide bonds. The smallest absolute Gasteiger partial charge is 0.390 e. The van der Waals surface area contributed by atoms with E-state index in [1.807, 2.05) is 0 Å². The molecule has 1 N–H and O–H groups in total. The highest BCUT2D eigenvalue weighted by atomic mass is 19.4. The fourth-order valence-corrected chi connectivity index (χ4v) is 0.0896. The van der Waals surface area contributed by atoms with Crippen LogP contribution in [0.4, 0.5) is 22.0 Å². The first-order chi connectivity index (χ1) is 4.81. The van der Waals surface area contributed by atoms with Crippen molar-refractivity contribution in [2.45, 2.75) is 27.0 Å². The van der Waals surface area contributed by atoms with E-state index in [4.69, 9.17) is 5.11 Å². The Balaban J connectivity index is -0.0000000941. The van der Waals surface area contributed by atoms with Crippen molar-refractivity contribution in [1.29, 1.82) is 0 Å². The summed E-state index contributed by atoms with van der Waals surface area (Å²) < 4.78 is 55.3. The molecular weight excluding hydrogens is 195 g/mol. The molecule has 0 aromatic carbocycles. The molecule has 13 heavy (non-hydrogen) atoms. The van der Waals surface area contributed by atoms with Crippen LogP contribution in [0.5, 0.6) is 0 Å². The Morgan fingerprint density at radius 1 is 0.923 bits per heavy atom. The molecule has 0 atom stereocenters. The van der Waals surface area contributed by atoms with E-state index in [9.17, 15) is 22.0 Å². The van der Waals surface area contributed by atoms with Gasteiger partial charge in [-0.3, -0.25) is 0 Å². The molecule has 84 valence electrons. The van der Waals surface area contributed by atoms with Crippen LogP contribution in [0.1, 0.15) is 14.9 Å². The second kappa shape index (κ2) is 7.97. The Bertz CT molecular complexity index is 110. The Morgan fingerprint density at radius 3 is 1.15 bits per heavy atom. The third-order valence-electron chi connectivity index (χ3n) is 0.613. The average Bonchev–Trinajstić information content (AvgIpc) is 1.90. The van der Waals surface area contributed by atoms with E-state index in [-0.39, 0.29) is 14.9 Å². The van der Waals surface area contributed by atoms with Gasteiger partial charge in [0.15, 0.2) is 0 Å². The van der Waals surface area contributed by atoms with E-state index >= 15 is 0 Å². The van der Waals surface area contributed by atoms with Crippen molar-refractivity contribution < 1.29 is 27.1 Å². The van der Waals surface area contributed by atoms with Crippen LogP contribution in [0.25, 0.3) is 0 Å². The second-order valence-corrected chi connectivity index (χ2v) is 1.36. The minimum Gasteiger partial charge on any atom is -0.390 e. The Hall–Kier alpha value is -0.650. The summed E-state index contributed by atoms with van der Waals surface area (Å²) in [5, 5.41) is 7.46. The highest BCUT2D eigenvalue weighted by molar-refractivity contribution is 4.73. The molecule has 0 spiro atoms. The number of rotatable bonds is 1. The first-order valence-electron chi connectivity index (χ1n) is 2.36. The minimum absolute atomic E-state index is 0. The van der Waals surface area contributed by atoms with Gasteiger partial charge in [-0.2, -0.15) is 22.0 Å². The maximum absolute atomic E-state index is 11.3. The van der Waals surface area contributed by atoms with Gasteiger partial charge in [-0.05, 0) is 0 Å². The SMILES string of the molecule is C.C.C=C.OCC(F)(F)C(F)(F)F. The molecule has 0 heterocycles. The molecule has 0 rings (SSSR count). The molecule has 0 saturated heterocycles. The molecule has 0 aromatic rings. The number of alkyl halides is 5. The van der Waals surface area contributed by atoms with E-state index in [0.717, 1.165) is 0 Å². The number of aliphatic hydroxyl groups is 1. The molecule has 6 heteroatoms. The molecule has 0 saturated carbocycles. The van der Waals surface area contributed by atoms with Gasteiger partial charge in [0.1, 0.15) is 6.61 Å². The topological polar surface area (TPSA) is 20.2 Å². The number of hydrogen-bond acceptors (Lipinski definition) is 1. The van der Waals surface area contributed by atoms with Gasteiger partial charge in [0.2, 0.25) is 0 Å². The second-order valence-electron chi connectivity index (χ2n) is 1.36. The van der Waals surface area contributed by atoms with Crippen LogP contribution < -0.4 is 0 Å². The lowest BCUT2D eigenvalue weighted by atomic mass is 10.3. The van der Waals surface area contributed by atoms with Crippen molar-refractivity contribution in [3.8, 4) is 0 Å². The number of halogens is 5. The Labute approximate surface area is 74.9 Å². The van der Waals surface area contributed by atoms with Crippen molar-refractivity contribution in [2.24, 2.45) is 0 Å². The lowest BCUT2D eigenvalue weighted by molar-refractivity contribution is -0.292. The van der Waals surface area contributed by atoms with Gasteiger partial charge in [-0.1, -0.05) is 14.9 Å². The predicted octanol–water partition coefficient (Wildman–Crippen LogP) is 3.25. The molecular formula is C7H15F5O. The summed E-state index contributed by atoms with van der Waals surface area (Å²) in [6.07, 6.45) is -5.64. The fraction of sp³-hybridized carbons (Fsp3) is 0.714. The Kier molecular flexibility index (Phi) is 14.0. The molecule has 0 radical (unpaired) electrons. The van der Waals surface area contributed by atoms with E-state index in [1.165, 1.54) is 0 Å². The van der Waals surface area contributed by atoms with Crippen LogP contribution >= 0.6 is 0 Å². The summed E-state index contributed by atoms with van der Waals surface area (Å²) in [5.74, 6) is -4.97. The summed E-state index contributed by atoms with van der Waals surface area (Å²) in [6.45, 7) is 3.80. The summed E-state index contributed by atoms with van der Waals surface area (Å²) in [5.41, 5.74) is 0. The largest absolute Gasteiger partial charge is 0.455 e. The zero-order valence-corrected chi connectivity index (χ0v) is 5.46. The first kappa shape index (κ1) is 22.8. The van der Waals surface area contributed by atoms with Gasteiger partial charge in [0.05, 0.1) is 0 Å². The molecule has 0 aliphatic heterocycles. The monoisotopic (exact) mass is 210 g/mol. The maximum Gasteiger partial charge on any atom is 0.455 e. The van der Waals surface area contributed by atoms with Crippen LogP contribution in [0.2, 0.25) is 0 Å². The lowest BCUT2D eigenvalue weighted by Crippen LogP contribution is -2.39. The molecule has 0 aromatic heterocycles. The van der Waals surface area contributed by atoms with Gasteiger partial charge in [-0.25, -0.2) is 0 Å². The van der Waals surface area contributed by atoms with Gasteiger partial charge < -0.3 is 5.11 Å². The lowest BCUT2D eigenvalue weighted by Gasteiger charge is -2.15. The van der Waals surface area contributed by atoms with Crippen LogP contribution in [0.3, 0.4) is 0 Å². The van der Waals surface area contributed by atoms with Crippen LogP contribution in [0.15, 0.2) is 13.2 Å². The Morgan fingerprint density at radius 2 is 1.15 bits per heavy atom. The van der Waals surface area contributed by atoms with Gasteiger partial charge >= 0.3 is 12.1 Å². The fourth-order valence-electron chi connectivity index (χ4n) is 0.0896. The standard InChI is InChI=1S/C3H3F5O.C2H4.2CH4/c4-2(5,1-9)3(6,7)8;1-2;;/h9H,1H2;1-2H2;2*1H4. The minimum atomic E-state index is -5.64. The summed E-state index contributed by atoms with van der Waals surface area (Å²) >= 11 is 0. The van der Waals surface area contributed by atoms with Gasteiger partial charge in [-0.15, -0.1) is 13.2 Å². The highest BCUT2D eigenvalue weighted by Gasteiger charge is 2.56. The van der Waals surface area contributed by atoms with Crippen molar-refractivity contribution in [2.75, 3.05) is 6.61 Å². The zero-order valence-electron chi connectivity index (χ0n) is 5.46. The third kappa shape index (κ3) is 7.70. The molecule has 0 bridgehead atoms. The van der Waals surface area contributed by atoms with E-state index < -0.39 is 18.7 Å². The van der Waals surface area contributed by atoms with Crippen molar-refractivity contribution in [3.63, 3.8) is 0 Å². The summed E-state index contributed by atoms with van der Waals surface area (Å²) in [7, 11) is 0. The molecule has 1 nitrogen and oxygen atoms in total. The van der Waals surface area contributed by atoms with E-state index in [0.29, 0.717) is 0 Å². The summed E-state index contributed by atoms with van der Waals surface area (Å²) in [4.78, 5) is 0. The van der Waals surface area contributed by atoms with Crippen LogP contribution in [-0.4, -0.2) is 23.8 Å². The van der Waals surface area contributed by atoms with E-state index in [1.54, 1.807) is 0 Å². The first-order valence-corrected chi connectivity index (χ1v) is 2.36. The predicted molar refractivity (Wildman–Crippen MR) is 42.8 cm³/mol. The van der Waals surface area contributed by atoms with E-state index in [2.05, 4.69) is 13.2 Å². The number of aliphatic hydroxyl groups excluding tert-OH is 1. The average molecular weight is 210 g/mol. The van der Waals surface area contributed by atoms with Crippen LogP contribution in [0, 0.1) is 0 Å². The normalized spacial score (nSPS) is 10.0.